The lowest BCUT2D eigenvalue weighted by atomic mass is 10.1. The van der Waals surface area contributed by atoms with Crippen LogP contribution in [0.2, 0.25) is 0 Å². The van der Waals surface area contributed by atoms with Crippen molar-refractivity contribution in [2.24, 2.45) is 0 Å². The Kier molecular flexibility index (Phi) is 31.7. The van der Waals surface area contributed by atoms with E-state index in [0.29, 0.717) is 12.8 Å². The molecular formula is C37H64O5. The summed E-state index contributed by atoms with van der Waals surface area (Å²) in [5, 5.41) is 9.51. The summed E-state index contributed by atoms with van der Waals surface area (Å²) in [7, 11) is 0. The van der Waals surface area contributed by atoms with Crippen molar-refractivity contribution in [3.63, 3.8) is 0 Å². The van der Waals surface area contributed by atoms with E-state index in [-0.39, 0.29) is 25.2 Å². The lowest BCUT2D eigenvalue weighted by Crippen LogP contribution is -2.28. The van der Waals surface area contributed by atoms with Crippen molar-refractivity contribution in [1.29, 1.82) is 0 Å². The molecule has 0 heterocycles. The second-order valence-corrected chi connectivity index (χ2v) is 11.2. The van der Waals surface area contributed by atoms with Gasteiger partial charge in [0, 0.05) is 12.8 Å². The highest BCUT2D eigenvalue weighted by atomic mass is 16.6. The smallest absolute Gasteiger partial charge is 0.306 e. The summed E-state index contributed by atoms with van der Waals surface area (Å²) in [6.45, 7) is 3.97. The Morgan fingerprint density at radius 2 is 1.02 bits per heavy atom. The molecule has 0 fully saturated rings. The predicted octanol–water partition coefficient (Wildman–Crippen LogP) is 10.3. The highest BCUT2D eigenvalue weighted by Gasteiger charge is 2.16. The molecule has 1 atom stereocenters. The van der Waals surface area contributed by atoms with Crippen LogP contribution in [0.4, 0.5) is 0 Å². The van der Waals surface area contributed by atoms with Crippen molar-refractivity contribution in [1.82, 2.24) is 0 Å². The fourth-order valence-electron chi connectivity index (χ4n) is 4.50. The van der Waals surface area contributed by atoms with E-state index in [2.05, 4.69) is 62.5 Å². The average Bonchev–Trinajstić information content (AvgIpc) is 2.99. The molecular weight excluding hydrogens is 524 g/mol. The second kappa shape index (κ2) is 33.4. The van der Waals surface area contributed by atoms with Gasteiger partial charge in [-0.2, -0.15) is 0 Å². The molecule has 0 saturated carbocycles. The molecule has 0 aliphatic carbocycles. The number of ether oxygens (including phenoxy) is 2. The Labute approximate surface area is 258 Å². The zero-order valence-corrected chi connectivity index (χ0v) is 27.2. The highest BCUT2D eigenvalue weighted by molar-refractivity contribution is 5.70. The van der Waals surface area contributed by atoms with Gasteiger partial charge in [-0.3, -0.25) is 9.59 Å². The maximum atomic E-state index is 12.1. The number of unbranched alkanes of at least 4 members (excludes halogenated alkanes) is 14. The van der Waals surface area contributed by atoms with E-state index in [9.17, 15) is 14.7 Å². The number of hydrogen-bond acceptors (Lipinski definition) is 5. The van der Waals surface area contributed by atoms with Gasteiger partial charge in [-0.1, -0.05) is 120 Å². The molecule has 242 valence electrons. The van der Waals surface area contributed by atoms with Crippen LogP contribution < -0.4 is 0 Å². The summed E-state index contributed by atoms with van der Waals surface area (Å²) in [5.74, 6) is -0.626. The summed E-state index contributed by atoms with van der Waals surface area (Å²) >= 11 is 0. The first-order valence-electron chi connectivity index (χ1n) is 17.2. The summed E-state index contributed by atoms with van der Waals surface area (Å²) in [6, 6.07) is 0. The molecule has 0 radical (unpaired) electrons. The van der Waals surface area contributed by atoms with Gasteiger partial charge in [0.1, 0.15) is 6.61 Å². The third-order valence-electron chi connectivity index (χ3n) is 7.11. The van der Waals surface area contributed by atoms with Crippen molar-refractivity contribution in [3.05, 3.63) is 48.6 Å². The topological polar surface area (TPSA) is 72.8 Å². The molecule has 0 amide bonds. The number of carbonyl (C=O) groups excluding carboxylic acids is 2. The fraction of sp³-hybridized carbons (Fsp3) is 0.730. The first-order chi connectivity index (χ1) is 20.6. The van der Waals surface area contributed by atoms with E-state index in [1.807, 2.05) is 0 Å². The highest BCUT2D eigenvalue weighted by Crippen LogP contribution is 2.11. The monoisotopic (exact) mass is 588 g/mol. The number of esters is 2. The van der Waals surface area contributed by atoms with Crippen molar-refractivity contribution < 1.29 is 24.2 Å². The van der Waals surface area contributed by atoms with Gasteiger partial charge in [-0.05, 0) is 70.6 Å². The van der Waals surface area contributed by atoms with Crippen LogP contribution in [0, 0.1) is 0 Å². The van der Waals surface area contributed by atoms with E-state index in [4.69, 9.17) is 9.47 Å². The average molecular weight is 589 g/mol. The number of hydrogen-bond donors (Lipinski definition) is 1. The summed E-state index contributed by atoms with van der Waals surface area (Å²) in [5.41, 5.74) is 0. The number of rotatable bonds is 30. The van der Waals surface area contributed by atoms with Crippen LogP contribution in [0.5, 0.6) is 0 Å². The third kappa shape index (κ3) is 30.8. The lowest BCUT2D eigenvalue weighted by molar-refractivity contribution is -0.161. The van der Waals surface area contributed by atoms with Gasteiger partial charge < -0.3 is 14.6 Å². The normalized spacial score (nSPS) is 12.7. The van der Waals surface area contributed by atoms with E-state index in [0.717, 1.165) is 77.0 Å². The van der Waals surface area contributed by atoms with E-state index in [1.54, 1.807) is 0 Å². The molecule has 1 N–H and O–H groups in total. The Bertz CT molecular complexity index is 722. The Balaban J connectivity index is 3.64. The molecule has 0 unspecified atom stereocenters. The zero-order valence-electron chi connectivity index (χ0n) is 27.2. The Morgan fingerprint density at radius 1 is 0.571 bits per heavy atom. The van der Waals surface area contributed by atoms with E-state index in [1.165, 1.54) is 51.4 Å². The molecule has 0 spiro atoms. The van der Waals surface area contributed by atoms with Crippen LogP contribution in [-0.4, -0.2) is 36.4 Å². The predicted molar refractivity (Wildman–Crippen MR) is 177 cm³/mol. The van der Waals surface area contributed by atoms with Crippen molar-refractivity contribution in [2.75, 3.05) is 13.2 Å². The van der Waals surface area contributed by atoms with Gasteiger partial charge in [-0.15, -0.1) is 0 Å². The number of aliphatic hydroxyl groups excluding tert-OH is 1. The van der Waals surface area contributed by atoms with Gasteiger partial charge >= 0.3 is 11.9 Å². The molecule has 0 aromatic heterocycles. The van der Waals surface area contributed by atoms with Crippen LogP contribution in [0.3, 0.4) is 0 Å². The van der Waals surface area contributed by atoms with Gasteiger partial charge in [0.25, 0.3) is 0 Å². The first kappa shape index (κ1) is 39.9. The molecule has 0 aromatic carbocycles. The molecule has 0 rings (SSSR count). The molecule has 0 aliphatic rings. The first-order valence-corrected chi connectivity index (χ1v) is 17.2. The van der Waals surface area contributed by atoms with Crippen LogP contribution >= 0.6 is 0 Å². The van der Waals surface area contributed by atoms with Crippen LogP contribution in [-0.2, 0) is 19.1 Å². The maximum absolute atomic E-state index is 12.1. The van der Waals surface area contributed by atoms with Crippen molar-refractivity contribution in [2.45, 2.75) is 161 Å². The standard InChI is InChI=1S/C37H64O5/c1-3-5-7-9-11-13-15-17-18-20-22-24-26-28-30-32-37(40)42-35(33-38)34-41-36(39)31-29-27-25-23-21-19-16-14-12-10-8-6-4-2/h5,7,11,13-14,16-18,35,38H,3-4,6,8-10,12,15,19-34H2,1-2H3/b7-5+,13-11+,16-14+,18-17+/t35-/m0/s1. The Morgan fingerprint density at radius 3 is 1.57 bits per heavy atom. The van der Waals surface area contributed by atoms with Crippen LogP contribution in [0.1, 0.15) is 155 Å². The molecule has 42 heavy (non-hydrogen) atoms. The van der Waals surface area contributed by atoms with Gasteiger partial charge in [0.05, 0.1) is 6.61 Å². The molecule has 0 aliphatic heterocycles. The van der Waals surface area contributed by atoms with Gasteiger partial charge in [0.15, 0.2) is 6.10 Å². The maximum Gasteiger partial charge on any atom is 0.306 e. The van der Waals surface area contributed by atoms with Crippen molar-refractivity contribution in [3.8, 4) is 0 Å². The molecule has 5 nitrogen and oxygen atoms in total. The minimum Gasteiger partial charge on any atom is -0.462 e. The van der Waals surface area contributed by atoms with Crippen molar-refractivity contribution >= 4 is 11.9 Å². The third-order valence-corrected chi connectivity index (χ3v) is 7.11. The van der Waals surface area contributed by atoms with E-state index < -0.39 is 6.10 Å². The SMILES string of the molecule is CC/C=C/C/C=C/C/C=C/CCCCCCCC(=O)O[C@@H](CO)COC(=O)CCCCCCC/C=C/CCCCCC. The quantitative estimate of drug-likeness (QED) is 0.0513. The molecule has 0 aromatic rings. The molecule has 0 bridgehead atoms. The number of allylic oxidation sites excluding steroid dienone is 8. The zero-order chi connectivity index (χ0) is 30.8. The fourth-order valence-corrected chi connectivity index (χ4v) is 4.50. The lowest BCUT2D eigenvalue weighted by Gasteiger charge is -2.15. The van der Waals surface area contributed by atoms with E-state index >= 15 is 0 Å². The number of carbonyl (C=O) groups is 2. The van der Waals surface area contributed by atoms with Gasteiger partial charge in [-0.25, -0.2) is 0 Å². The van der Waals surface area contributed by atoms with Crippen LogP contribution in [0.25, 0.3) is 0 Å². The largest absolute Gasteiger partial charge is 0.462 e. The van der Waals surface area contributed by atoms with Crippen LogP contribution in [0.15, 0.2) is 48.6 Å². The minimum atomic E-state index is -0.782. The summed E-state index contributed by atoms with van der Waals surface area (Å²) in [6.07, 6.45) is 40.2. The summed E-state index contributed by atoms with van der Waals surface area (Å²) in [4.78, 5) is 24.1. The molecule has 0 saturated heterocycles. The molecule has 5 heteroatoms. The minimum absolute atomic E-state index is 0.0783. The second-order valence-electron chi connectivity index (χ2n) is 11.2. The number of aliphatic hydroxyl groups is 1. The summed E-state index contributed by atoms with van der Waals surface area (Å²) < 4.78 is 10.5. The Hall–Kier alpha value is -2.14. The van der Waals surface area contributed by atoms with Gasteiger partial charge in [0.2, 0.25) is 0 Å².